The molecule has 0 aliphatic carbocycles. The van der Waals surface area contributed by atoms with Crippen molar-refractivity contribution in [2.24, 2.45) is 0 Å². The van der Waals surface area contributed by atoms with Gasteiger partial charge in [0.15, 0.2) is 6.61 Å². The van der Waals surface area contributed by atoms with Crippen LogP contribution in [0.15, 0.2) is 42.5 Å². The Balaban J connectivity index is 1.98. The lowest BCUT2D eigenvalue weighted by molar-refractivity contribution is -0.137. The minimum atomic E-state index is -1.14. The number of carboxylic acid groups (broad SMARTS) is 1. The molecule has 0 heterocycles. The molecule has 0 aliphatic rings. The van der Waals surface area contributed by atoms with Gasteiger partial charge in [-0.1, -0.05) is 17.7 Å². The molecule has 0 saturated carbocycles. The number of carbonyl (C=O) groups is 2. The van der Waals surface area contributed by atoms with Gasteiger partial charge in [-0.2, -0.15) is 0 Å². The van der Waals surface area contributed by atoms with E-state index in [-0.39, 0.29) is 11.6 Å². The summed E-state index contributed by atoms with van der Waals surface area (Å²) in [6, 6.07) is 9.69. The molecule has 2 aromatic carbocycles. The Labute approximate surface area is 160 Å². The first-order chi connectivity index (χ1) is 12.9. The number of amides is 1. The van der Waals surface area contributed by atoms with Gasteiger partial charge in [-0.25, -0.2) is 4.39 Å². The predicted octanol–water partition coefficient (Wildman–Crippen LogP) is 3.59. The molecule has 6 nitrogen and oxygen atoms in total. The number of hydrogen-bond donors (Lipinski definition) is 2. The van der Waals surface area contributed by atoms with Gasteiger partial charge in [-0.15, -0.1) is 0 Å². The van der Waals surface area contributed by atoms with Crippen molar-refractivity contribution in [1.82, 2.24) is 5.32 Å². The zero-order valence-corrected chi connectivity index (χ0v) is 15.3. The molecule has 0 saturated heterocycles. The Morgan fingerprint density at radius 1 is 1.15 bits per heavy atom. The normalized spacial score (nSPS) is 11.5. The molecule has 2 N–H and O–H groups in total. The van der Waals surface area contributed by atoms with Gasteiger partial charge in [-0.3, -0.25) is 9.59 Å². The van der Waals surface area contributed by atoms with E-state index in [0.29, 0.717) is 23.7 Å². The Kier molecular flexibility index (Phi) is 7.43. The number of carbonyl (C=O) groups excluding carboxylic acids is 1. The van der Waals surface area contributed by atoms with Crippen molar-refractivity contribution in [1.29, 1.82) is 0 Å². The highest BCUT2D eigenvalue weighted by molar-refractivity contribution is 6.30. The van der Waals surface area contributed by atoms with Gasteiger partial charge in [-0.05, 0) is 48.9 Å². The van der Waals surface area contributed by atoms with Gasteiger partial charge in [0.1, 0.15) is 17.3 Å². The fourth-order valence-electron chi connectivity index (χ4n) is 2.34. The van der Waals surface area contributed by atoms with E-state index in [1.807, 2.05) is 6.92 Å². The van der Waals surface area contributed by atoms with E-state index < -0.39 is 30.2 Å². The van der Waals surface area contributed by atoms with Crippen LogP contribution in [0.5, 0.6) is 11.5 Å². The summed E-state index contributed by atoms with van der Waals surface area (Å²) < 4.78 is 24.3. The first-order valence-electron chi connectivity index (χ1n) is 8.20. The molecule has 0 fully saturated rings. The second kappa shape index (κ2) is 9.78. The molecule has 1 atom stereocenters. The third-order valence-electron chi connectivity index (χ3n) is 3.56. The Bertz CT molecular complexity index is 797. The molecule has 0 aliphatic heterocycles. The van der Waals surface area contributed by atoms with E-state index in [1.165, 1.54) is 12.1 Å². The number of ether oxygens (including phenoxy) is 2. The lowest BCUT2D eigenvalue weighted by Crippen LogP contribution is -2.34. The summed E-state index contributed by atoms with van der Waals surface area (Å²) in [5, 5.41) is 11.5. The van der Waals surface area contributed by atoms with Gasteiger partial charge < -0.3 is 19.9 Å². The maximum atomic E-state index is 13.6. The smallest absolute Gasteiger partial charge is 0.305 e. The number of hydrogen-bond acceptors (Lipinski definition) is 4. The van der Waals surface area contributed by atoms with Crippen molar-refractivity contribution >= 4 is 23.5 Å². The van der Waals surface area contributed by atoms with E-state index in [9.17, 15) is 14.0 Å². The summed E-state index contributed by atoms with van der Waals surface area (Å²) in [5.74, 6) is -1.22. The van der Waals surface area contributed by atoms with Gasteiger partial charge in [0.05, 0.1) is 24.1 Å². The van der Waals surface area contributed by atoms with Gasteiger partial charge >= 0.3 is 5.97 Å². The van der Waals surface area contributed by atoms with Gasteiger partial charge in [0, 0.05) is 0 Å². The second-order valence-corrected chi connectivity index (χ2v) is 5.99. The van der Waals surface area contributed by atoms with Crippen LogP contribution >= 0.6 is 11.6 Å². The summed E-state index contributed by atoms with van der Waals surface area (Å²) in [5.41, 5.74) is 0.300. The second-order valence-electron chi connectivity index (χ2n) is 5.58. The van der Waals surface area contributed by atoms with Crippen molar-refractivity contribution in [2.75, 3.05) is 13.2 Å². The maximum absolute atomic E-state index is 13.6. The highest BCUT2D eigenvalue weighted by atomic mass is 35.5. The van der Waals surface area contributed by atoms with Crippen molar-refractivity contribution in [3.63, 3.8) is 0 Å². The first kappa shape index (κ1) is 20.5. The predicted molar refractivity (Wildman–Crippen MR) is 97.7 cm³/mol. The summed E-state index contributed by atoms with van der Waals surface area (Å²) in [6.45, 7) is 2.09. The zero-order chi connectivity index (χ0) is 19.8. The summed E-state index contributed by atoms with van der Waals surface area (Å²) in [7, 11) is 0. The standard InChI is InChI=1S/C19H19ClFNO5/c1-2-26-13-4-6-14(7-5-13)27-11-18(23)22-17(10-19(24)25)12-3-8-15(20)16(21)9-12/h3-9,17H,2,10-11H2,1H3,(H,22,23)(H,24,25). The highest BCUT2D eigenvalue weighted by Gasteiger charge is 2.19. The fraction of sp³-hybridized carbons (Fsp3) is 0.263. The Morgan fingerprint density at radius 3 is 2.33 bits per heavy atom. The molecule has 8 heteroatoms. The molecule has 0 radical (unpaired) electrons. The van der Waals surface area contributed by atoms with Crippen LogP contribution in [0.3, 0.4) is 0 Å². The molecule has 0 spiro atoms. The Morgan fingerprint density at radius 2 is 1.78 bits per heavy atom. The van der Waals surface area contributed by atoms with Crippen LogP contribution in [0, 0.1) is 5.82 Å². The van der Waals surface area contributed by atoms with E-state index in [1.54, 1.807) is 24.3 Å². The molecule has 1 unspecified atom stereocenters. The lowest BCUT2D eigenvalue weighted by Gasteiger charge is -2.18. The molecular formula is C19H19ClFNO5. The van der Waals surface area contributed by atoms with Crippen molar-refractivity contribution in [3.05, 3.63) is 58.9 Å². The fourth-order valence-corrected chi connectivity index (χ4v) is 2.46. The first-order valence-corrected chi connectivity index (χ1v) is 8.58. The van der Waals surface area contributed by atoms with Crippen LogP contribution in [0.25, 0.3) is 0 Å². The largest absolute Gasteiger partial charge is 0.494 e. The van der Waals surface area contributed by atoms with Crippen LogP contribution < -0.4 is 14.8 Å². The third-order valence-corrected chi connectivity index (χ3v) is 3.87. The molecule has 144 valence electrons. The SMILES string of the molecule is CCOc1ccc(OCC(=O)NC(CC(=O)O)c2ccc(Cl)c(F)c2)cc1. The monoisotopic (exact) mass is 395 g/mol. The minimum absolute atomic E-state index is 0.0852. The molecule has 27 heavy (non-hydrogen) atoms. The lowest BCUT2D eigenvalue weighted by atomic mass is 10.0. The number of rotatable bonds is 9. The van der Waals surface area contributed by atoms with Crippen molar-refractivity contribution in [2.45, 2.75) is 19.4 Å². The molecule has 1 amide bonds. The minimum Gasteiger partial charge on any atom is -0.494 e. The summed E-state index contributed by atoms with van der Waals surface area (Å²) in [6.07, 6.45) is -0.407. The molecule has 2 aromatic rings. The highest BCUT2D eigenvalue weighted by Crippen LogP contribution is 2.23. The number of halogens is 2. The number of aliphatic carboxylic acids is 1. The molecule has 0 aromatic heterocycles. The third kappa shape index (κ3) is 6.45. The van der Waals surface area contributed by atoms with Crippen molar-refractivity contribution < 1.29 is 28.6 Å². The van der Waals surface area contributed by atoms with Crippen LogP contribution in [-0.2, 0) is 9.59 Å². The average Bonchev–Trinajstić information content (AvgIpc) is 2.63. The summed E-state index contributed by atoms with van der Waals surface area (Å²) >= 11 is 5.64. The average molecular weight is 396 g/mol. The topological polar surface area (TPSA) is 84.9 Å². The number of benzene rings is 2. The van der Waals surface area contributed by atoms with Crippen LogP contribution in [0.2, 0.25) is 5.02 Å². The van der Waals surface area contributed by atoms with Crippen LogP contribution in [-0.4, -0.2) is 30.2 Å². The van der Waals surface area contributed by atoms with E-state index in [0.717, 1.165) is 6.07 Å². The van der Waals surface area contributed by atoms with Crippen LogP contribution in [0.4, 0.5) is 4.39 Å². The summed E-state index contributed by atoms with van der Waals surface area (Å²) in [4.78, 5) is 23.2. The molecular weight excluding hydrogens is 377 g/mol. The van der Waals surface area contributed by atoms with E-state index in [2.05, 4.69) is 5.32 Å². The molecule has 0 bridgehead atoms. The van der Waals surface area contributed by atoms with E-state index in [4.69, 9.17) is 26.2 Å². The van der Waals surface area contributed by atoms with E-state index >= 15 is 0 Å². The van der Waals surface area contributed by atoms with Crippen LogP contribution in [0.1, 0.15) is 24.9 Å². The number of nitrogens with one attached hydrogen (secondary N) is 1. The molecule has 2 rings (SSSR count). The number of carboxylic acids is 1. The van der Waals surface area contributed by atoms with Gasteiger partial charge in [0.2, 0.25) is 0 Å². The zero-order valence-electron chi connectivity index (χ0n) is 14.6. The van der Waals surface area contributed by atoms with Crippen molar-refractivity contribution in [3.8, 4) is 11.5 Å². The Hall–Kier alpha value is -2.80. The maximum Gasteiger partial charge on any atom is 0.305 e. The quantitative estimate of drug-likeness (QED) is 0.677. The van der Waals surface area contributed by atoms with Gasteiger partial charge in [0.25, 0.3) is 5.91 Å².